The highest BCUT2D eigenvalue weighted by atomic mass is 35.5. The number of aryl methyl sites for hydroxylation is 1. The van der Waals surface area contributed by atoms with E-state index in [1.807, 2.05) is 19.1 Å². The molecule has 0 aliphatic rings. The number of benzene rings is 2. The molecule has 2 aromatic rings. The van der Waals surface area contributed by atoms with Crippen molar-refractivity contribution in [1.82, 2.24) is 0 Å². The van der Waals surface area contributed by atoms with Crippen molar-refractivity contribution in [3.05, 3.63) is 53.1 Å². The largest absolute Gasteiger partial charge is 0.433 e. The van der Waals surface area contributed by atoms with Crippen molar-refractivity contribution in [2.45, 2.75) is 13.5 Å². The number of alkyl halides is 2. The second-order valence-electron chi connectivity index (χ2n) is 4.79. The molecule has 0 fully saturated rings. The summed E-state index contributed by atoms with van der Waals surface area (Å²) in [6.07, 6.45) is 0. The van der Waals surface area contributed by atoms with Crippen LogP contribution in [0.1, 0.15) is 5.56 Å². The second-order valence-corrected chi connectivity index (χ2v) is 5.20. The molecule has 0 saturated heterocycles. The van der Waals surface area contributed by atoms with Crippen LogP contribution in [0.25, 0.3) is 0 Å². The first kappa shape index (κ1) is 17.0. The highest BCUT2D eigenvalue weighted by Gasteiger charge is 2.09. The van der Waals surface area contributed by atoms with E-state index < -0.39 is 6.61 Å². The van der Waals surface area contributed by atoms with Gasteiger partial charge in [-0.2, -0.15) is 8.78 Å². The van der Waals surface area contributed by atoms with Crippen molar-refractivity contribution in [2.24, 2.45) is 0 Å². The van der Waals surface area contributed by atoms with Crippen LogP contribution in [-0.2, 0) is 4.79 Å². The topological polar surface area (TPSA) is 50.4 Å². The van der Waals surface area contributed by atoms with Gasteiger partial charge >= 0.3 is 6.61 Å². The van der Waals surface area contributed by atoms with Crippen LogP contribution in [-0.4, -0.2) is 19.1 Å². The quantitative estimate of drug-likeness (QED) is 0.824. The van der Waals surface area contributed by atoms with Gasteiger partial charge in [-0.25, -0.2) is 0 Å². The van der Waals surface area contributed by atoms with Crippen LogP contribution in [0.3, 0.4) is 0 Å². The molecular formula is C16H15ClF2N2O2. The number of ether oxygens (including phenoxy) is 1. The minimum absolute atomic E-state index is 0.0132. The van der Waals surface area contributed by atoms with Crippen molar-refractivity contribution in [3.63, 3.8) is 0 Å². The molecule has 0 aliphatic carbocycles. The molecular weight excluding hydrogens is 326 g/mol. The predicted molar refractivity (Wildman–Crippen MR) is 86.4 cm³/mol. The number of carbonyl (C=O) groups excluding carboxylic acids is 1. The van der Waals surface area contributed by atoms with Crippen LogP contribution < -0.4 is 15.4 Å². The lowest BCUT2D eigenvalue weighted by Crippen LogP contribution is -2.21. The number of halogens is 3. The zero-order valence-corrected chi connectivity index (χ0v) is 13.0. The first-order valence-electron chi connectivity index (χ1n) is 6.79. The van der Waals surface area contributed by atoms with Gasteiger partial charge in [0.1, 0.15) is 5.75 Å². The van der Waals surface area contributed by atoms with Crippen LogP contribution in [0.5, 0.6) is 5.75 Å². The van der Waals surface area contributed by atoms with Gasteiger partial charge in [0.05, 0.1) is 11.6 Å². The van der Waals surface area contributed by atoms with Gasteiger partial charge in [0.2, 0.25) is 5.91 Å². The summed E-state index contributed by atoms with van der Waals surface area (Å²) in [5, 5.41) is 5.63. The van der Waals surface area contributed by atoms with Crippen molar-refractivity contribution in [1.29, 1.82) is 0 Å². The Morgan fingerprint density at radius 2 is 1.83 bits per heavy atom. The van der Waals surface area contributed by atoms with Crippen molar-refractivity contribution in [3.8, 4) is 5.75 Å². The number of amides is 1. The monoisotopic (exact) mass is 340 g/mol. The molecule has 1 amide bonds. The lowest BCUT2D eigenvalue weighted by Gasteiger charge is -2.10. The molecule has 2 N–H and O–H groups in total. The fraction of sp³-hybridized carbons (Fsp3) is 0.188. The van der Waals surface area contributed by atoms with Gasteiger partial charge in [0.25, 0.3) is 0 Å². The van der Waals surface area contributed by atoms with Crippen LogP contribution in [0.4, 0.5) is 20.2 Å². The molecule has 0 bridgehead atoms. The van der Waals surface area contributed by atoms with Crippen molar-refractivity contribution < 1.29 is 18.3 Å². The first-order chi connectivity index (χ1) is 10.9. The van der Waals surface area contributed by atoms with Gasteiger partial charge in [-0.15, -0.1) is 0 Å². The lowest BCUT2D eigenvalue weighted by molar-refractivity contribution is -0.114. The molecule has 2 aromatic carbocycles. The van der Waals surface area contributed by atoms with E-state index in [1.165, 1.54) is 18.2 Å². The molecule has 0 radical (unpaired) electrons. The number of hydrogen-bond acceptors (Lipinski definition) is 3. The summed E-state index contributed by atoms with van der Waals surface area (Å²) in [6.45, 7) is -0.969. The van der Waals surface area contributed by atoms with Crippen molar-refractivity contribution in [2.75, 3.05) is 17.2 Å². The van der Waals surface area contributed by atoms with Crippen LogP contribution in [0.15, 0.2) is 42.5 Å². The second kappa shape index (κ2) is 7.78. The molecule has 0 unspecified atom stereocenters. The summed E-state index contributed by atoms with van der Waals surface area (Å²) in [6, 6.07) is 11.6. The van der Waals surface area contributed by atoms with E-state index in [0.717, 1.165) is 5.56 Å². The fourth-order valence-electron chi connectivity index (χ4n) is 1.83. The summed E-state index contributed by atoms with van der Waals surface area (Å²) in [7, 11) is 0. The Bertz CT molecular complexity index is 678. The van der Waals surface area contributed by atoms with E-state index in [2.05, 4.69) is 15.4 Å². The van der Waals surface area contributed by atoms with Gasteiger partial charge < -0.3 is 15.4 Å². The van der Waals surface area contributed by atoms with Crippen LogP contribution >= 0.6 is 11.6 Å². The maximum Gasteiger partial charge on any atom is 0.387 e. The van der Waals surface area contributed by atoms with Crippen LogP contribution in [0.2, 0.25) is 5.02 Å². The number of hydrogen-bond donors (Lipinski definition) is 2. The molecule has 0 atom stereocenters. The predicted octanol–water partition coefficient (Wildman–Crippen LogP) is 4.30. The number of rotatable bonds is 6. The number of nitrogens with one attached hydrogen (secondary N) is 2. The van der Waals surface area contributed by atoms with E-state index >= 15 is 0 Å². The Labute approximate surface area is 137 Å². The summed E-state index contributed by atoms with van der Waals surface area (Å²) in [4.78, 5) is 11.8. The number of carbonyl (C=O) groups is 1. The standard InChI is InChI=1S/C16H15ClF2N2O2/c1-10-2-4-11(5-3-10)21-15(22)9-20-12-6-7-14(13(17)8-12)23-16(18)19/h2-8,16,20H,9H2,1H3,(H,21,22). The molecule has 0 aliphatic heterocycles. The molecule has 4 nitrogen and oxygen atoms in total. The Hall–Kier alpha value is -2.34. The van der Waals surface area contributed by atoms with Gasteiger partial charge in [-0.1, -0.05) is 29.3 Å². The smallest absolute Gasteiger partial charge is 0.387 e. The Morgan fingerprint density at radius 1 is 1.17 bits per heavy atom. The zero-order valence-electron chi connectivity index (χ0n) is 12.3. The van der Waals surface area contributed by atoms with E-state index in [-0.39, 0.29) is 23.2 Å². The molecule has 0 saturated carbocycles. The summed E-state index contributed by atoms with van der Waals surface area (Å²) < 4.78 is 28.5. The third kappa shape index (κ3) is 5.41. The average molecular weight is 341 g/mol. The van der Waals surface area contributed by atoms with E-state index in [0.29, 0.717) is 11.4 Å². The summed E-state index contributed by atoms with van der Waals surface area (Å²) >= 11 is 5.83. The minimum Gasteiger partial charge on any atom is -0.433 e. The Kier molecular flexibility index (Phi) is 5.76. The fourth-order valence-corrected chi connectivity index (χ4v) is 2.05. The van der Waals surface area contributed by atoms with E-state index in [4.69, 9.17) is 11.6 Å². The molecule has 122 valence electrons. The third-order valence-electron chi connectivity index (χ3n) is 2.94. The maximum atomic E-state index is 12.1. The summed E-state index contributed by atoms with van der Waals surface area (Å²) in [5.74, 6) is -0.353. The molecule has 0 spiro atoms. The van der Waals surface area contributed by atoms with Crippen molar-refractivity contribution >= 4 is 28.9 Å². The first-order valence-corrected chi connectivity index (χ1v) is 7.16. The SMILES string of the molecule is Cc1ccc(NC(=O)CNc2ccc(OC(F)F)c(Cl)c2)cc1. The minimum atomic E-state index is -2.94. The Balaban J connectivity index is 1.88. The molecule has 0 aromatic heterocycles. The van der Waals surface area contributed by atoms with Gasteiger partial charge in [0.15, 0.2) is 0 Å². The maximum absolute atomic E-state index is 12.1. The highest BCUT2D eigenvalue weighted by Crippen LogP contribution is 2.28. The van der Waals surface area contributed by atoms with Gasteiger partial charge in [0, 0.05) is 11.4 Å². The molecule has 2 rings (SSSR count). The average Bonchev–Trinajstić information content (AvgIpc) is 2.50. The molecule has 23 heavy (non-hydrogen) atoms. The summed E-state index contributed by atoms with van der Waals surface area (Å²) in [5.41, 5.74) is 2.32. The molecule has 0 heterocycles. The Morgan fingerprint density at radius 3 is 2.43 bits per heavy atom. The van der Waals surface area contributed by atoms with Crippen LogP contribution in [0, 0.1) is 6.92 Å². The van der Waals surface area contributed by atoms with E-state index in [9.17, 15) is 13.6 Å². The highest BCUT2D eigenvalue weighted by molar-refractivity contribution is 6.32. The third-order valence-corrected chi connectivity index (χ3v) is 3.23. The zero-order chi connectivity index (χ0) is 16.8. The molecule has 7 heteroatoms. The normalized spacial score (nSPS) is 10.5. The van der Waals surface area contributed by atoms with Gasteiger partial charge in [-0.05, 0) is 37.3 Å². The van der Waals surface area contributed by atoms with E-state index in [1.54, 1.807) is 12.1 Å². The number of anilines is 2. The lowest BCUT2D eigenvalue weighted by atomic mass is 10.2. The van der Waals surface area contributed by atoms with Gasteiger partial charge in [-0.3, -0.25) is 4.79 Å².